The van der Waals surface area contributed by atoms with Gasteiger partial charge in [0.1, 0.15) is 11.5 Å². The van der Waals surface area contributed by atoms with Crippen molar-refractivity contribution in [3.8, 4) is 5.69 Å². The van der Waals surface area contributed by atoms with Crippen LogP contribution in [0.2, 0.25) is 0 Å². The van der Waals surface area contributed by atoms with E-state index in [0.29, 0.717) is 28.4 Å². The van der Waals surface area contributed by atoms with Gasteiger partial charge in [-0.15, -0.1) is 10.2 Å². The average molecular weight is 364 g/mol. The monoisotopic (exact) mass is 364 g/mol. The van der Waals surface area contributed by atoms with E-state index in [-0.39, 0.29) is 11.9 Å². The van der Waals surface area contributed by atoms with Crippen LogP contribution in [0.4, 0.5) is 4.39 Å². The second-order valence-electron chi connectivity index (χ2n) is 6.19. The van der Waals surface area contributed by atoms with Crippen molar-refractivity contribution in [1.82, 2.24) is 29.7 Å². The standard InChI is InChI=1S/C19H17FN6O/c1-12(18-24-23-17-9-5-6-10-25(17)18)22-19(27)14-11-21-26(13(14)2)16-8-4-3-7-15(16)20/h3-12H,1-2H3,(H,22,27). The molecule has 0 aliphatic rings. The molecule has 0 bridgehead atoms. The Morgan fingerprint density at radius 3 is 2.74 bits per heavy atom. The molecule has 3 aromatic heterocycles. The molecule has 0 fully saturated rings. The summed E-state index contributed by atoms with van der Waals surface area (Å²) in [4.78, 5) is 12.7. The Labute approximate surface area is 154 Å². The zero-order chi connectivity index (χ0) is 19.0. The second-order valence-corrected chi connectivity index (χ2v) is 6.19. The van der Waals surface area contributed by atoms with E-state index < -0.39 is 5.82 Å². The van der Waals surface area contributed by atoms with Gasteiger partial charge in [0.15, 0.2) is 11.5 Å². The van der Waals surface area contributed by atoms with Crippen LogP contribution < -0.4 is 5.32 Å². The van der Waals surface area contributed by atoms with E-state index >= 15 is 0 Å². The topological polar surface area (TPSA) is 77.1 Å². The molecule has 136 valence electrons. The minimum absolute atomic E-state index is 0.297. The first-order chi connectivity index (χ1) is 13.1. The Bertz CT molecular complexity index is 1130. The quantitative estimate of drug-likeness (QED) is 0.604. The fraction of sp³-hybridized carbons (Fsp3) is 0.158. The molecule has 0 saturated carbocycles. The highest BCUT2D eigenvalue weighted by molar-refractivity contribution is 5.95. The number of amides is 1. The van der Waals surface area contributed by atoms with E-state index in [2.05, 4.69) is 20.6 Å². The van der Waals surface area contributed by atoms with Crippen LogP contribution in [0.5, 0.6) is 0 Å². The summed E-state index contributed by atoms with van der Waals surface area (Å²) < 4.78 is 17.3. The van der Waals surface area contributed by atoms with E-state index in [0.717, 1.165) is 0 Å². The van der Waals surface area contributed by atoms with Crippen LogP contribution in [0.25, 0.3) is 11.3 Å². The lowest BCUT2D eigenvalue weighted by atomic mass is 10.2. The van der Waals surface area contributed by atoms with Crippen molar-refractivity contribution in [2.75, 3.05) is 0 Å². The van der Waals surface area contributed by atoms with Crippen LogP contribution in [0, 0.1) is 12.7 Å². The maximum Gasteiger partial charge on any atom is 0.255 e. The predicted octanol–water partition coefficient (Wildman–Crippen LogP) is 2.85. The molecule has 27 heavy (non-hydrogen) atoms. The Balaban J connectivity index is 1.60. The SMILES string of the molecule is Cc1c(C(=O)NC(C)c2nnc3ccccn23)cnn1-c1ccccc1F. The lowest BCUT2D eigenvalue weighted by Crippen LogP contribution is -2.28. The smallest absolute Gasteiger partial charge is 0.255 e. The number of nitrogens with one attached hydrogen (secondary N) is 1. The highest BCUT2D eigenvalue weighted by Crippen LogP contribution is 2.18. The first-order valence-corrected chi connectivity index (χ1v) is 8.46. The van der Waals surface area contributed by atoms with Gasteiger partial charge in [0.05, 0.1) is 23.5 Å². The van der Waals surface area contributed by atoms with E-state index in [1.807, 2.05) is 35.7 Å². The number of carbonyl (C=O) groups is 1. The predicted molar refractivity (Wildman–Crippen MR) is 97.1 cm³/mol. The third-order valence-electron chi connectivity index (χ3n) is 4.41. The molecule has 8 heteroatoms. The van der Waals surface area contributed by atoms with E-state index in [4.69, 9.17) is 0 Å². The van der Waals surface area contributed by atoms with Crippen LogP contribution in [-0.2, 0) is 0 Å². The first kappa shape index (κ1) is 16.9. The number of benzene rings is 1. The number of halogens is 1. The number of carbonyl (C=O) groups excluding carboxylic acids is 1. The zero-order valence-corrected chi connectivity index (χ0v) is 14.8. The van der Waals surface area contributed by atoms with Gasteiger partial charge in [0.25, 0.3) is 5.91 Å². The zero-order valence-electron chi connectivity index (χ0n) is 14.8. The number of hydrogen-bond acceptors (Lipinski definition) is 4. The van der Waals surface area contributed by atoms with Crippen molar-refractivity contribution >= 4 is 11.6 Å². The van der Waals surface area contributed by atoms with Gasteiger partial charge in [-0.2, -0.15) is 5.10 Å². The van der Waals surface area contributed by atoms with Crippen LogP contribution >= 0.6 is 0 Å². The highest BCUT2D eigenvalue weighted by atomic mass is 19.1. The van der Waals surface area contributed by atoms with Crippen molar-refractivity contribution in [1.29, 1.82) is 0 Å². The summed E-state index contributed by atoms with van der Waals surface area (Å²) in [5.74, 6) is -0.0904. The van der Waals surface area contributed by atoms with Crippen LogP contribution in [0.3, 0.4) is 0 Å². The fourth-order valence-corrected chi connectivity index (χ4v) is 2.99. The molecule has 4 rings (SSSR count). The number of fused-ring (bicyclic) bond motifs is 1. The van der Waals surface area contributed by atoms with Gasteiger partial charge in [0.2, 0.25) is 0 Å². The molecule has 0 saturated heterocycles. The van der Waals surface area contributed by atoms with Gasteiger partial charge in [-0.1, -0.05) is 18.2 Å². The van der Waals surface area contributed by atoms with Crippen molar-refractivity contribution in [3.63, 3.8) is 0 Å². The summed E-state index contributed by atoms with van der Waals surface area (Å²) in [5.41, 5.74) is 1.93. The summed E-state index contributed by atoms with van der Waals surface area (Å²) in [6.07, 6.45) is 3.28. The molecule has 1 aromatic carbocycles. The maximum absolute atomic E-state index is 14.0. The third kappa shape index (κ3) is 2.95. The number of aromatic nitrogens is 5. The normalized spacial score (nSPS) is 12.3. The summed E-state index contributed by atoms with van der Waals surface area (Å²) >= 11 is 0. The van der Waals surface area contributed by atoms with Gasteiger partial charge in [0, 0.05) is 6.20 Å². The van der Waals surface area contributed by atoms with E-state index in [9.17, 15) is 9.18 Å². The summed E-state index contributed by atoms with van der Waals surface area (Å²) in [6.45, 7) is 3.56. The number of hydrogen-bond donors (Lipinski definition) is 1. The molecule has 3 heterocycles. The van der Waals surface area contributed by atoms with Gasteiger partial charge >= 0.3 is 0 Å². The Morgan fingerprint density at radius 1 is 1.15 bits per heavy atom. The molecule has 0 aliphatic heterocycles. The van der Waals surface area contributed by atoms with E-state index in [1.54, 1.807) is 25.1 Å². The van der Waals surface area contributed by atoms with E-state index in [1.165, 1.54) is 16.9 Å². The molecule has 1 amide bonds. The number of nitrogens with zero attached hydrogens (tertiary/aromatic N) is 5. The maximum atomic E-state index is 14.0. The third-order valence-corrected chi connectivity index (χ3v) is 4.41. The number of para-hydroxylation sites is 1. The lowest BCUT2D eigenvalue weighted by molar-refractivity contribution is 0.0937. The minimum Gasteiger partial charge on any atom is -0.342 e. The molecule has 0 aliphatic carbocycles. The first-order valence-electron chi connectivity index (χ1n) is 8.46. The average Bonchev–Trinajstić information content (AvgIpc) is 3.26. The fourth-order valence-electron chi connectivity index (χ4n) is 2.99. The Morgan fingerprint density at radius 2 is 1.93 bits per heavy atom. The van der Waals surface area contributed by atoms with Crippen molar-refractivity contribution in [2.45, 2.75) is 19.9 Å². The molecule has 1 N–H and O–H groups in total. The van der Waals surface area contributed by atoms with Gasteiger partial charge in [-0.25, -0.2) is 9.07 Å². The molecule has 1 atom stereocenters. The summed E-state index contributed by atoms with van der Waals surface area (Å²) in [5, 5.41) is 15.3. The van der Waals surface area contributed by atoms with Crippen molar-refractivity contribution in [2.24, 2.45) is 0 Å². The minimum atomic E-state index is -0.404. The summed E-state index contributed by atoms with van der Waals surface area (Å²) in [7, 11) is 0. The highest BCUT2D eigenvalue weighted by Gasteiger charge is 2.21. The molecule has 4 aromatic rings. The van der Waals surface area contributed by atoms with Crippen molar-refractivity contribution < 1.29 is 9.18 Å². The summed E-state index contributed by atoms with van der Waals surface area (Å²) in [6, 6.07) is 11.5. The lowest BCUT2D eigenvalue weighted by Gasteiger charge is -2.12. The molecule has 0 radical (unpaired) electrons. The Hall–Kier alpha value is -3.55. The molecule has 0 spiro atoms. The molecule has 7 nitrogen and oxygen atoms in total. The molecular formula is C19H17FN6O. The number of pyridine rings is 1. The Kier molecular flexibility index (Phi) is 4.15. The second kappa shape index (κ2) is 6.64. The van der Waals surface area contributed by atoms with Gasteiger partial charge in [-0.3, -0.25) is 9.20 Å². The number of rotatable bonds is 4. The molecular weight excluding hydrogens is 347 g/mol. The largest absolute Gasteiger partial charge is 0.342 e. The van der Waals surface area contributed by atoms with Crippen LogP contribution in [-0.4, -0.2) is 30.3 Å². The van der Waals surface area contributed by atoms with Gasteiger partial charge < -0.3 is 5.32 Å². The van der Waals surface area contributed by atoms with Crippen LogP contribution in [0.15, 0.2) is 54.9 Å². The van der Waals surface area contributed by atoms with Crippen LogP contribution in [0.1, 0.15) is 34.8 Å². The van der Waals surface area contributed by atoms with Crippen molar-refractivity contribution in [3.05, 3.63) is 77.8 Å². The van der Waals surface area contributed by atoms with Gasteiger partial charge in [-0.05, 0) is 38.1 Å². The molecule has 1 unspecified atom stereocenters.